The molecule has 2 aliphatic heterocycles. The van der Waals surface area contributed by atoms with Crippen molar-refractivity contribution in [1.82, 2.24) is 19.8 Å². The van der Waals surface area contributed by atoms with Gasteiger partial charge in [0.15, 0.2) is 0 Å². The van der Waals surface area contributed by atoms with Crippen LogP contribution in [0, 0.1) is 0 Å². The van der Waals surface area contributed by atoms with Crippen LogP contribution in [0.3, 0.4) is 0 Å². The second kappa shape index (κ2) is 14.0. The summed E-state index contributed by atoms with van der Waals surface area (Å²) in [6.45, 7) is 4.79. The summed E-state index contributed by atoms with van der Waals surface area (Å²) in [6, 6.07) is 7.73. The molecule has 40 heavy (non-hydrogen) atoms. The van der Waals surface area contributed by atoms with E-state index in [1.165, 1.54) is 5.56 Å². The molecule has 16 heteroatoms. The van der Waals surface area contributed by atoms with Gasteiger partial charge in [-0.2, -0.15) is 26.3 Å². The number of alkyl halides is 6. The highest BCUT2D eigenvalue weighted by molar-refractivity contribution is 5.94. The molecule has 0 aliphatic carbocycles. The van der Waals surface area contributed by atoms with Crippen molar-refractivity contribution in [3.8, 4) is 0 Å². The topological polar surface area (TPSA) is 133 Å². The van der Waals surface area contributed by atoms with Crippen molar-refractivity contribution in [2.45, 2.75) is 37.3 Å². The Morgan fingerprint density at radius 2 is 1.40 bits per heavy atom. The molecule has 10 nitrogen and oxygen atoms in total. The fourth-order valence-corrected chi connectivity index (χ4v) is 3.86. The Balaban J connectivity index is 0.000000333. The average Bonchev–Trinajstić information content (AvgIpc) is 2.90. The van der Waals surface area contributed by atoms with Crippen LogP contribution in [0.4, 0.5) is 26.3 Å². The molecule has 2 fully saturated rings. The molecular formula is C24H26F6N4O6. The largest absolute Gasteiger partial charge is 0.490 e. The highest BCUT2D eigenvalue weighted by Crippen LogP contribution is 2.31. The van der Waals surface area contributed by atoms with Gasteiger partial charge in [-0.25, -0.2) is 9.59 Å². The standard InChI is InChI=1S/C20H24N4O2.2C2HF3O2/c25-19(18-4-2-8-22-14-18)24-11-12-26-20(16-24)5-9-23(10-6-20)15-17-3-1-7-21-13-17;2*3-2(4,5)1(6)7/h1-4,7-8,13-14H,5-6,9-12,15-16H2;2*(H,6,7). The van der Waals surface area contributed by atoms with Crippen molar-refractivity contribution in [3.63, 3.8) is 0 Å². The van der Waals surface area contributed by atoms with E-state index in [-0.39, 0.29) is 11.5 Å². The molecule has 2 saturated heterocycles. The van der Waals surface area contributed by atoms with Gasteiger partial charge in [0.2, 0.25) is 0 Å². The number of hydrogen-bond acceptors (Lipinski definition) is 7. The van der Waals surface area contributed by atoms with Gasteiger partial charge in [0.05, 0.1) is 24.3 Å². The lowest BCUT2D eigenvalue weighted by Gasteiger charge is -2.47. The summed E-state index contributed by atoms with van der Waals surface area (Å²) in [5.41, 5.74) is 1.68. The Labute approximate surface area is 224 Å². The number of carbonyl (C=O) groups excluding carboxylic acids is 1. The van der Waals surface area contributed by atoms with E-state index < -0.39 is 24.3 Å². The first-order chi connectivity index (χ1) is 18.6. The van der Waals surface area contributed by atoms with Crippen LogP contribution in [-0.2, 0) is 20.9 Å². The number of aromatic nitrogens is 2. The number of nitrogens with zero attached hydrogens (tertiary/aromatic N) is 4. The summed E-state index contributed by atoms with van der Waals surface area (Å²) in [7, 11) is 0. The van der Waals surface area contributed by atoms with E-state index in [1.807, 2.05) is 23.2 Å². The number of carbonyl (C=O) groups is 3. The highest BCUT2D eigenvalue weighted by Gasteiger charge is 2.41. The van der Waals surface area contributed by atoms with E-state index in [2.05, 4.69) is 20.9 Å². The molecule has 0 unspecified atom stereocenters. The van der Waals surface area contributed by atoms with E-state index in [0.29, 0.717) is 25.3 Å². The van der Waals surface area contributed by atoms with E-state index >= 15 is 0 Å². The monoisotopic (exact) mass is 580 g/mol. The van der Waals surface area contributed by atoms with Gasteiger partial charge in [-0.15, -0.1) is 0 Å². The van der Waals surface area contributed by atoms with Crippen LogP contribution in [0.15, 0.2) is 49.1 Å². The van der Waals surface area contributed by atoms with Crippen molar-refractivity contribution < 1.29 is 55.7 Å². The predicted molar refractivity (Wildman–Crippen MR) is 125 cm³/mol. The Hall–Kier alpha value is -3.79. The number of halogens is 6. The van der Waals surface area contributed by atoms with Crippen molar-refractivity contribution in [3.05, 3.63) is 60.2 Å². The minimum atomic E-state index is -5.08. The average molecular weight is 580 g/mol. The predicted octanol–water partition coefficient (Wildman–Crippen LogP) is 3.25. The van der Waals surface area contributed by atoms with Crippen LogP contribution in [0.1, 0.15) is 28.8 Å². The first-order valence-corrected chi connectivity index (χ1v) is 11.7. The molecule has 220 valence electrons. The number of carboxylic acids is 2. The second-order valence-electron chi connectivity index (χ2n) is 8.74. The number of piperidine rings is 1. The van der Waals surface area contributed by atoms with Gasteiger partial charge in [-0.3, -0.25) is 19.7 Å². The van der Waals surface area contributed by atoms with E-state index in [9.17, 15) is 31.1 Å². The summed E-state index contributed by atoms with van der Waals surface area (Å²) < 4.78 is 69.6. The van der Waals surface area contributed by atoms with Gasteiger partial charge in [0.25, 0.3) is 5.91 Å². The lowest BCUT2D eigenvalue weighted by atomic mass is 9.89. The molecule has 0 bridgehead atoms. The van der Waals surface area contributed by atoms with Crippen LogP contribution >= 0.6 is 0 Å². The minimum absolute atomic E-state index is 0.0542. The number of hydrogen-bond donors (Lipinski definition) is 2. The molecule has 0 saturated carbocycles. The van der Waals surface area contributed by atoms with Crippen molar-refractivity contribution in [2.75, 3.05) is 32.8 Å². The SMILES string of the molecule is O=C(O)C(F)(F)F.O=C(O)C(F)(F)F.O=C(c1cccnc1)N1CCOC2(CCN(Cc3cccnc3)CC2)C1. The first-order valence-electron chi connectivity index (χ1n) is 11.7. The molecule has 2 aromatic rings. The van der Waals surface area contributed by atoms with Gasteiger partial charge < -0.3 is 19.8 Å². The Kier molecular flexibility index (Phi) is 11.4. The zero-order chi connectivity index (χ0) is 30.0. The number of morpholine rings is 1. The molecule has 0 atom stereocenters. The molecule has 0 aromatic carbocycles. The Morgan fingerprint density at radius 1 is 0.875 bits per heavy atom. The quantitative estimate of drug-likeness (QED) is 0.525. The van der Waals surface area contributed by atoms with Crippen molar-refractivity contribution in [2.24, 2.45) is 0 Å². The number of likely N-dealkylation sites (tertiary alicyclic amines) is 1. The van der Waals surface area contributed by atoms with E-state index in [0.717, 1.165) is 32.5 Å². The summed E-state index contributed by atoms with van der Waals surface area (Å²) in [5, 5.41) is 14.2. The number of aliphatic carboxylic acids is 2. The Morgan fingerprint density at radius 3 is 1.85 bits per heavy atom. The fraction of sp³-hybridized carbons (Fsp3) is 0.458. The lowest BCUT2D eigenvalue weighted by molar-refractivity contribution is -0.193. The van der Waals surface area contributed by atoms with E-state index in [1.54, 1.807) is 24.7 Å². The summed E-state index contributed by atoms with van der Waals surface area (Å²) in [5.74, 6) is -5.46. The summed E-state index contributed by atoms with van der Waals surface area (Å²) in [4.78, 5) is 43.2. The molecule has 1 spiro atoms. The van der Waals surface area contributed by atoms with Gasteiger partial charge in [0, 0.05) is 51.0 Å². The molecule has 0 radical (unpaired) electrons. The van der Waals surface area contributed by atoms with Crippen molar-refractivity contribution in [1.29, 1.82) is 0 Å². The number of pyridine rings is 2. The number of amides is 1. The first kappa shape index (κ1) is 32.4. The summed E-state index contributed by atoms with van der Waals surface area (Å²) in [6.07, 6.45) is -1.21. The zero-order valence-electron chi connectivity index (χ0n) is 20.9. The van der Waals surface area contributed by atoms with Crippen LogP contribution < -0.4 is 0 Å². The van der Waals surface area contributed by atoms with Gasteiger partial charge in [-0.1, -0.05) is 6.07 Å². The van der Waals surface area contributed by atoms with E-state index in [4.69, 9.17) is 24.5 Å². The third kappa shape index (κ3) is 10.4. The maximum atomic E-state index is 12.7. The normalized spacial score (nSPS) is 17.1. The molecule has 1 amide bonds. The van der Waals surface area contributed by atoms with Crippen molar-refractivity contribution >= 4 is 17.8 Å². The fourth-order valence-electron chi connectivity index (χ4n) is 3.86. The molecule has 2 aliphatic rings. The smallest absolute Gasteiger partial charge is 0.475 e. The van der Waals surface area contributed by atoms with Crippen LogP contribution in [0.25, 0.3) is 0 Å². The van der Waals surface area contributed by atoms with Crippen LogP contribution in [0.5, 0.6) is 0 Å². The molecular weight excluding hydrogens is 554 g/mol. The third-order valence-electron chi connectivity index (χ3n) is 5.83. The lowest BCUT2D eigenvalue weighted by Crippen LogP contribution is -2.57. The van der Waals surface area contributed by atoms with Gasteiger partial charge in [0.1, 0.15) is 0 Å². The molecule has 4 heterocycles. The molecule has 4 rings (SSSR count). The third-order valence-corrected chi connectivity index (χ3v) is 5.83. The Bertz CT molecular complexity index is 1090. The van der Waals surface area contributed by atoms with Crippen LogP contribution in [-0.4, -0.2) is 98.6 Å². The highest BCUT2D eigenvalue weighted by atomic mass is 19.4. The number of ether oxygens (including phenoxy) is 1. The van der Waals surface area contributed by atoms with Gasteiger partial charge in [-0.05, 0) is 36.6 Å². The maximum absolute atomic E-state index is 12.7. The van der Waals surface area contributed by atoms with Crippen LogP contribution in [0.2, 0.25) is 0 Å². The summed E-state index contributed by atoms with van der Waals surface area (Å²) >= 11 is 0. The minimum Gasteiger partial charge on any atom is -0.475 e. The second-order valence-corrected chi connectivity index (χ2v) is 8.74. The molecule has 2 N–H and O–H groups in total. The number of carboxylic acid groups (broad SMARTS) is 2. The van der Waals surface area contributed by atoms with Gasteiger partial charge >= 0.3 is 24.3 Å². The maximum Gasteiger partial charge on any atom is 0.490 e. The molecule has 2 aromatic heterocycles. The number of rotatable bonds is 3. The zero-order valence-corrected chi connectivity index (χ0v) is 20.9.